The quantitative estimate of drug-likeness (QED) is 0.561. The highest BCUT2D eigenvalue weighted by atomic mass is 79.9. The molecular formula is C12H17BrN2O5S. The standard InChI is InChI=1S/C12H17BrN2O5S/c1-5-8(7(2)16)14-21(18,19)9-6-15(3)11(10(9)13)12(17)20-4/h5-8,14,16H,1H2,2-4H3/t7-,8+/m0/s1. The van der Waals surface area contributed by atoms with Gasteiger partial charge in [0, 0.05) is 13.2 Å². The van der Waals surface area contributed by atoms with Crippen LogP contribution in [0.5, 0.6) is 0 Å². The van der Waals surface area contributed by atoms with E-state index in [9.17, 15) is 18.3 Å². The SMILES string of the molecule is C=C[C@@H](NS(=O)(=O)c1cn(C)c(C(=O)OC)c1Br)[C@H](C)O. The first-order chi connectivity index (χ1) is 9.65. The van der Waals surface area contributed by atoms with Gasteiger partial charge in [-0.05, 0) is 22.9 Å². The molecule has 1 rings (SSSR count). The lowest BCUT2D eigenvalue weighted by molar-refractivity contribution is 0.0588. The number of aryl methyl sites for hydroxylation is 1. The molecule has 0 aromatic carbocycles. The number of esters is 1. The molecule has 1 aromatic heterocycles. The first-order valence-corrected chi connectivity index (χ1v) is 8.19. The van der Waals surface area contributed by atoms with Gasteiger partial charge >= 0.3 is 5.97 Å². The van der Waals surface area contributed by atoms with Gasteiger partial charge in [-0.1, -0.05) is 6.08 Å². The molecule has 1 aromatic rings. The maximum absolute atomic E-state index is 12.3. The minimum Gasteiger partial charge on any atom is -0.464 e. The number of hydrogen-bond acceptors (Lipinski definition) is 5. The third kappa shape index (κ3) is 3.73. The summed E-state index contributed by atoms with van der Waals surface area (Å²) >= 11 is 3.10. The number of halogens is 1. The van der Waals surface area contributed by atoms with Crippen molar-refractivity contribution in [2.75, 3.05) is 7.11 Å². The van der Waals surface area contributed by atoms with Crippen LogP contribution >= 0.6 is 15.9 Å². The van der Waals surface area contributed by atoms with E-state index in [1.54, 1.807) is 0 Å². The maximum atomic E-state index is 12.3. The van der Waals surface area contributed by atoms with Gasteiger partial charge in [-0.2, -0.15) is 0 Å². The average Bonchev–Trinajstić information content (AvgIpc) is 2.71. The van der Waals surface area contributed by atoms with Crippen LogP contribution in [0.15, 0.2) is 28.2 Å². The molecule has 118 valence electrons. The Kier molecular flexibility index (Phi) is 5.74. The van der Waals surface area contributed by atoms with Crippen molar-refractivity contribution in [3.05, 3.63) is 29.0 Å². The number of ether oxygens (including phenoxy) is 1. The van der Waals surface area contributed by atoms with Gasteiger partial charge in [-0.25, -0.2) is 17.9 Å². The van der Waals surface area contributed by atoms with E-state index >= 15 is 0 Å². The van der Waals surface area contributed by atoms with Gasteiger partial charge in [0.25, 0.3) is 0 Å². The normalized spacial score (nSPS) is 14.5. The van der Waals surface area contributed by atoms with Crippen LogP contribution in [-0.4, -0.2) is 43.3 Å². The van der Waals surface area contributed by atoms with Crippen molar-refractivity contribution in [2.45, 2.75) is 24.0 Å². The second kappa shape index (κ2) is 6.73. The summed E-state index contributed by atoms with van der Waals surface area (Å²) in [5.41, 5.74) is 0.0741. The molecule has 0 saturated heterocycles. The molecule has 21 heavy (non-hydrogen) atoms. The summed E-state index contributed by atoms with van der Waals surface area (Å²) in [6, 6.07) is -0.844. The number of aromatic nitrogens is 1. The van der Waals surface area contributed by atoms with Crippen molar-refractivity contribution in [3.63, 3.8) is 0 Å². The van der Waals surface area contributed by atoms with E-state index in [4.69, 9.17) is 0 Å². The van der Waals surface area contributed by atoms with Crippen LogP contribution in [-0.2, 0) is 21.8 Å². The Bertz CT molecular complexity index is 651. The number of carbonyl (C=O) groups is 1. The van der Waals surface area contributed by atoms with Gasteiger partial charge in [0.1, 0.15) is 10.6 Å². The van der Waals surface area contributed by atoms with Gasteiger partial charge < -0.3 is 14.4 Å². The van der Waals surface area contributed by atoms with E-state index in [1.165, 1.54) is 37.9 Å². The molecule has 0 aliphatic rings. The van der Waals surface area contributed by atoms with Crippen LogP contribution in [0.1, 0.15) is 17.4 Å². The van der Waals surface area contributed by atoms with Crippen molar-refractivity contribution < 1.29 is 23.1 Å². The molecule has 0 saturated carbocycles. The molecule has 0 fully saturated rings. The largest absolute Gasteiger partial charge is 0.464 e. The van der Waals surface area contributed by atoms with Crippen molar-refractivity contribution in [3.8, 4) is 0 Å². The summed E-state index contributed by atoms with van der Waals surface area (Å²) in [5, 5.41) is 9.49. The number of nitrogens with zero attached hydrogens (tertiary/aromatic N) is 1. The molecule has 2 N–H and O–H groups in total. The number of rotatable bonds is 6. The Morgan fingerprint density at radius 1 is 1.62 bits per heavy atom. The number of aliphatic hydroxyl groups excluding tert-OH is 1. The van der Waals surface area contributed by atoms with Crippen LogP contribution in [0.2, 0.25) is 0 Å². The topological polar surface area (TPSA) is 97.6 Å². The summed E-state index contributed by atoms with van der Waals surface area (Å²) < 4.78 is 33.0. The van der Waals surface area contributed by atoms with Crippen molar-refractivity contribution in [2.24, 2.45) is 7.05 Å². The molecule has 0 unspecified atom stereocenters. The minimum absolute atomic E-state index is 0.0741. The fourth-order valence-corrected chi connectivity index (χ4v) is 4.26. The van der Waals surface area contributed by atoms with Crippen LogP contribution in [0.4, 0.5) is 0 Å². The van der Waals surface area contributed by atoms with Crippen LogP contribution in [0, 0.1) is 0 Å². The number of methoxy groups -OCH3 is 1. The molecular weight excluding hydrogens is 364 g/mol. The number of hydrogen-bond donors (Lipinski definition) is 2. The lowest BCUT2D eigenvalue weighted by Gasteiger charge is -2.17. The molecule has 0 aliphatic carbocycles. The Hall–Kier alpha value is -1.16. The molecule has 0 bridgehead atoms. The minimum atomic E-state index is -3.95. The Labute approximate surface area is 131 Å². The van der Waals surface area contributed by atoms with E-state index < -0.39 is 28.1 Å². The van der Waals surface area contributed by atoms with E-state index in [2.05, 4.69) is 32.0 Å². The molecule has 7 nitrogen and oxygen atoms in total. The first-order valence-electron chi connectivity index (χ1n) is 5.91. The molecule has 9 heteroatoms. The monoisotopic (exact) mass is 380 g/mol. The summed E-state index contributed by atoms with van der Waals surface area (Å²) in [7, 11) is -1.22. The molecule has 0 aliphatic heterocycles. The number of sulfonamides is 1. The fourth-order valence-electron chi connectivity index (χ4n) is 1.67. The van der Waals surface area contributed by atoms with E-state index in [1.807, 2.05) is 0 Å². The third-order valence-electron chi connectivity index (χ3n) is 2.82. The summed E-state index contributed by atoms with van der Waals surface area (Å²) in [6.45, 7) is 4.91. The Morgan fingerprint density at radius 2 is 2.19 bits per heavy atom. The molecule has 0 radical (unpaired) electrons. The zero-order valence-corrected chi connectivity index (χ0v) is 14.2. The van der Waals surface area contributed by atoms with Crippen molar-refractivity contribution in [1.82, 2.24) is 9.29 Å². The molecule has 2 atom stereocenters. The maximum Gasteiger partial charge on any atom is 0.355 e. The zero-order chi connectivity index (χ0) is 16.4. The first kappa shape index (κ1) is 17.9. The summed E-state index contributed by atoms with van der Waals surface area (Å²) in [6.07, 6.45) is 1.63. The van der Waals surface area contributed by atoms with Gasteiger partial charge in [-0.15, -0.1) is 6.58 Å². The smallest absolute Gasteiger partial charge is 0.355 e. The molecule has 0 spiro atoms. The number of aliphatic hydroxyl groups is 1. The van der Waals surface area contributed by atoms with Gasteiger partial charge in [0.05, 0.1) is 23.7 Å². The van der Waals surface area contributed by atoms with Crippen LogP contribution in [0.25, 0.3) is 0 Å². The second-order valence-electron chi connectivity index (χ2n) is 4.38. The van der Waals surface area contributed by atoms with Gasteiger partial charge in [0.2, 0.25) is 10.0 Å². The average molecular weight is 381 g/mol. The highest BCUT2D eigenvalue weighted by Gasteiger charge is 2.29. The summed E-state index contributed by atoms with van der Waals surface area (Å²) in [4.78, 5) is 11.5. The van der Waals surface area contributed by atoms with Crippen LogP contribution < -0.4 is 4.72 Å². The lowest BCUT2D eigenvalue weighted by atomic mass is 10.2. The van der Waals surface area contributed by atoms with E-state index in [0.717, 1.165) is 0 Å². The summed E-state index contributed by atoms with van der Waals surface area (Å²) in [5.74, 6) is -0.665. The second-order valence-corrected chi connectivity index (χ2v) is 6.86. The Morgan fingerprint density at radius 3 is 2.62 bits per heavy atom. The van der Waals surface area contributed by atoms with E-state index in [-0.39, 0.29) is 15.1 Å². The van der Waals surface area contributed by atoms with Crippen molar-refractivity contribution in [1.29, 1.82) is 0 Å². The van der Waals surface area contributed by atoms with Crippen molar-refractivity contribution >= 4 is 31.9 Å². The molecule has 0 amide bonds. The Balaban J connectivity index is 3.28. The fraction of sp³-hybridized carbons (Fsp3) is 0.417. The highest BCUT2D eigenvalue weighted by molar-refractivity contribution is 9.10. The number of nitrogens with one attached hydrogen (secondary N) is 1. The lowest BCUT2D eigenvalue weighted by Crippen LogP contribution is -2.40. The molecule has 1 heterocycles. The van der Waals surface area contributed by atoms with Crippen LogP contribution in [0.3, 0.4) is 0 Å². The number of carbonyl (C=O) groups excluding carboxylic acids is 1. The van der Waals surface area contributed by atoms with Gasteiger partial charge in [0.15, 0.2) is 0 Å². The van der Waals surface area contributed by atoms with Gasteiger partial charge in [-0.3, -0.25) is 0 Å². The zero-order valence-electron chi connectivity index (χ0n) is 11.8. The van der Waals surface area contributed by atoms with E-state index in [0.29, 0.717) is 0 Å². The predicted octanol–water partition coefficient (Wildman–Crippen LogP) is 0.788. The predicted molar refractivity (Wildman–Crippen MR) is 80.4 cm³/mol. The highest BCUT2D eigenvalue weighted by Crippen LogP contribution is 2.28. The third-order valence-corrected chi connectivity index (χ3v) is 5.36.